The van der Waals surface area contributed by atoms with Gasteiger partial charge in [0.15, 0.2) is 11.5 Å². The minimum Gasteiger partial charge on any atom is -0.493 e. The highest BCUT2D eigenvalue weighted by Gasteiger charge is 2.29. The smallest absolute Gasteiger partial charge is 0.254 e. The molecule has 0 aliphatic carbocycles. The van der Waals surface area contributed by atoms with Crippen LogP contribution >= 0.6 is 11.6 Å². The molecule has 2 heterocycles. The SMILES string of the molecule is CCCOc1c(Cl)cc(C(=O)N2CCC(C(=O)Nc3ccc(C)cn3)CC2)cc1OC. The number of carbonyl (C=O) groups is 2. The molecular formula is C23H28ClN3O4. The van der Waals surface area contributed by atoms with E-state index in [2.05, 4.69) is 10.3 Å². The van der Waals surface area contributed by atoms with E-state index in [9.17, 15) is 9.59 Å². The monoisotopic (exact) mass is 445 g/mol. The molecule has 1 aromatic carbocycles. The summed E-state index contributed by atoms with van der Waals surface area (Å²) < 4.78 is 11.0. The number of ether oxygens (including phenoxy) is 2. The van der Waals surface area contributed by atoms with Gasteiger partial charge in [-0.25, -0.2) is 4.98 Å². The predicted octanol–water partition coefficient (Wildman–Crippen LogP) is 4.33. The van der Waals surface area contributed by atoms with Crippen molar-refractivity contribution in [3.8, 4) is 11.5 Å². The molecule has 8 heteroatoms. The van der Waals surface area contributed by atoms with Crippen molar-refractivity contribution in [2.75, 3.05) is 32.1 Å². The molecule has 0 saturated carbocycles. The number of amides is 2. The van der Waals surface area contributed by atoms with Gasteiger partial charge >= 0.3 is 0 Å². The second kappa shape index (κ2) is 10.5. The molecule has 0 radical (unpaired) electrons. The lowest BCUT2D eigenvalue weighted by molar-refractivity contribution is -0.121. The molecule has 1 N–H and O–H groups in total. The highest BCUT2D eigenvalue weighted by atomic mass is 35.5. The van der Waals surface area contributed by atoms with Gasteiger partial charge in [-0.1, -0.05) is 24.6 Å². The number of rotatable bonds is 7. The topological polar surface area (TPSA) is 80.8 Å². The summed E-state index contributed by atoms with van der Waals surface area (Å²) in [5.41, 5.74) is 1.48. The van der Waals surface area contributed by atoms with E-state index < -0.39 is 0 Å². The minimum atomic E-state index is -0.157. The molecule has 2 aromatic rings. The quantitative estimate of drug-likeness (QED) is 0.686. The van der Waals surface area contributed by atoms with Crippen LogP contribution in [0, 0.1) is 12.8 Å². The Balaban J connectivity index is 1.61. The van der Waals surface area contributed by atoms with Gasteiger partial charge in [-0.3, -0.25) is 9.59 Å². The lowest BCUT2D eigenvalue weighted by Crippen LogP contribution is -2.41. The molecule has 1 saturated heterocycles. The van der Waals surface area contributed by atoms with Crippen molar-refractivity contribution in [1.29, 1.82) is 0 Å². The second-order valence-electron chi connectivity index (χ2n) is 7.61. The standard InChI is InChI=1S/C23H28ClN3O4/c1-4-11-31-21-18(24)12-17(13-19(21)30-3)23(29)27-9-7-16(8-10-27)22(28)26-20-6-5-15(2)14-25-20/h5-6,12-14,16H,4,7-11H2,1-3H3,(H,25,26,28). The van der Waals surface area contributed by atoms with Crippen molar-refractivity contribution in [1.82, 2.24) is 9.88 Å². The van der Waals surface area contributed by atoms with Gasteiger partial charge in [-0.15, -0.1) is 0 Å². The molecule has 1 fully saturated rings. The Morgan fingerprint density at radius 1 is 1.26 bits per heavy atom. The van der Waals surface area contributed by atoms with Crippen LogP contribution in [0.25, 0.3) is 0 Å². The number of aromatic nitrogens is 1. The van der Waals surface area contributed by atoms with E-state index in [4.69, 9.17) is 21.1 Å². The number of hydrogen-bond donors (Lipinski definition) is 1. The number of pyridine rings is 1. The Kier molecular flexibility index (Phi) is 7.74. The van der Waals surface area contributed by atoms with Gasteiger partial charge in [0.25, 0.3) is 5.91 Å². The zero-order valence-electron chi connectivity index (χ0n) is 18.1. The van der Waals surface area contributed by atoms with Crippen molar-refractivity contribution >= 4 is 29.2 Å². The maximum Gasteiger partial charge on any atom is 0.254 e. The number of anilines is 1. The van der Waals surface area contributed by atoms with Crippen LogP contribution in [0.4, 0.5) is 5.82 Å². The van der Waals surface area contributed by atoms with Crippen molar-refractivity contribution < 1.29 is 19.1 Å². The zero-order chi connectivity index (χ0) is 22.4. The van der Waals surface area contributed by atoms with Crippen molar-refractivity contribution in [2.24, 2.45) is 5.92 Å². The van der Waals surface area contributed by atoms with Gasteiger partial charge < -0.3 is 19.7 Å². The summed E-state index contributed by atoms with van der Waals surface area (Å²) in [6, 6.07) is 6.96. The van der Waals surface area contributed by atoms with Crippen LogP contribution < -0.4 is 14.8 Å². The molecule has 0 atom stereocenters. The second-order valence-corrected chi connectivity index (χ2v) is 8.02. The summed E-state index contributed by atoms with van der Waals surface area (Å²) in [6.45, 7) is 5.44. The summed E-state index contributed by atoms with van der Waals surface area (Å²) in [7, 11) is 1.52. The predicted molar refractivity (Wildman–Crippen MR) is 120 cm³/mol. The summed E-state index contributed by atoms with van der Waals surface area (Å²) in [5, 5.41) is 3.20. The number of hydrogen-bond acceptors (Lipinski definition) is 5. The summed E-state index contributed by atoms with van der Waals surface area (Å²) in [6.07, 6.45) is 3.73. The van der Waals surface area contributed by atoms with E-state index >= 15 is 0 Å². The number of likely N-dealkylation sites (tertiary alicyclic amines) is 1. The lowest BCUT2D eigenvalue weighted by Gasteiger charge is -2.31. The number of halogens is 1. The Labute approximate surface area is 187 Å². The Morgan fingerprint density at radius 2 is 2.00 bits per heavy atom. The average Bonchev–Trinajstić information content (AvgIpc) is 2.79. The van der Waals surface area contributed by atoms with Gasteiger partial charge in [-0.05, 0) is 49.9 Å². The number of carbonyl (C=O) groups excluding carboxylic acids is 2. The van der Waals surface area contributed by atoms with Crippen molar-refractivity contribution in [3.63, 3.8) is 0 Å². The maximum atomic E-state index is 13.0. The highest BCUT2D eigenvalue weighted by molar-refractivity contribution is 6.32. The fraction of sp³-hybridized carbons (Fsp3) is 0.435. The average molecular weight is 446 g/mol. The molecule has 0 unspecified atom stereocenters. The van der Waals surface area contributed by atoms with Gasteiger partial charge in [0.1, 0.15) is 5.82 Å². The molecule has 0 spiro atoms. The Morgan fingerprint density at radius 3 is 2.61 bits per heavy atom. The van der Waals surface area contributed by atoms with Crippen LogP contribution in [-0.4, -0.2) is 48.5 Å². The summed E-state index contributed by atoms with van der Waals surface area (Å²) in [4.78, 5) is 31.5. The first-order valence-corrected chi connectivity index (χ1v) is 10.8. The van der Waals surface area contributed by atoms with Crippen LogP contribution in [0.15, 0.2) is 30.5 Å². The van der Waals surface area contributed by atoms with Gasteiger partial charge in [-0.2, -0.15) is 0 Å². The van der Waals surface area contributed by atoms with E-state index in [1.54, 1.807) is 29.3 Å². The molecule has 3 rings (SSSR count). The van der Waals surface area contributed by atoms with Crippen molar-refractivity contribution in [2.45, 2.75) is 33.1 Å². The van der Waals surface area contributed by atoms with E-state index in [1.807, 2.05) is 19.9 Å². The van der Waals surface area contributed by atoms with E-state index in [-0.39, 0.29) is 17.7 Å². The largest absolute Gasteiger partial charge is 0.493 e. The van der Waals surface area contributed by atoms with Crippen LogP contribution in [0.5, 0.6) is 11.5 Å². The van der Waals surface area contributed by atoms with Crippen LogP contribution in [-0.2, 0) is 4.79 Å². The van der Waals surface area contributed by atoms with Crippen LogP contribution in [0.2, 0.25) is 5.02 Å². The maximum absolute atomic E-state index is 13.0. The normalized spacial score (nSPS) is 14.3. The van der Waals surface area contributed by atoms with E-state index in [1.165, 1.54) is 7.11 Å². The Bertz CT molecular complexity index is 925. The first-order valence-electron chi connectivity index (χ1n) is 10.5. The van der Waals surface area contributed by atoms with Gasteiger partial charge in [0.05, 0.1) is 18.7 Å². The molecule has 1 aromatic heterocycles. The highest BCUT2D eigenvalue weighted by Crippen LogP contribution is 2.37. The molecule has 31 heavy (non-hydrogen) atoms. The fourth-order valence-corrected chi connectivity index (χ4v) is 3.75. The summed E-state index contributed by atoms with van der Waals surface area (Å²) in [5.74, 6) is 1.06. The zero-order valence-corrected chi connectivity index (χ0v) is 18.9. The Hall–Kier alpha value is -2.80. The number of piperidine rings is 1. The number of aryl methyl sites for hydroxylation is 1. The van der Waals surface area contributed by atoms with Crippen LogP contribution in [0.1, 0.15) is 42.1 Å². The number of nitrogens with zero attached hydrogens (tertiary/aromatic N) is 2. The van der Waals surface area contributed by atoms with Crippen LogP contribution in [0.3, 0.4) is 0 Å². The third kappa shape index (κ3) is 5.67. The molecule has 7 nitrogen and oxygen atoms in total. The third-order valence-corrected chi connectivity index (χ3v) is 5.52. The molecule has 0 bridgehead atoms. The van der Waals surface area contributed by atoms with E-state index in [0.29, 0.717) is 60.4 Å². The summed E-state index contributed by atoms with van der Waals surface area (Å²) >= 11 is 6.35. The van der Waals surface area contributed by atoms with Gasteiger partial charge in [0, 0.05) is 30.8 Å². The molecular weight excluding hydrogens is 418 g/mol. The fourth-order valence-electron chi connectivity index (χ4n) is 3.48. The molecule has 1 aliphatic rings. The third-order valence-electron chi connectivity index (χ3n) is 5.24. The minimum absolute atomic E-state index is 0.0643. The number of nitrogens with one attached hydrogen (secondary N) is 1. The first-order chi connectivity index (χ1) is 14.9. The van der Waals surface area contributed by atoms with E-state index in [0.717, 1.165) is 12.0 Å². The van der Waals surface area contributed by atoms with Crippen molar-refractivity contribution in [3.05, 3.63) is 46.6 Å². The molecule has 2 amide bonds. The first kappa shape index (κ1) is 22.9. The molecule has 166 valence electrons. The molecule has 1 aliphatic heterocycles. The number of methoxy groups -OCH3 is 1. The number of benzene rings is 1. The lowest BCUT2D eigenvalue weighted by atomic mass is 9.95. The van der Waals surface area contributed by atoms with Gasteiger partial charge in [0.2, 0.25) is 5.91 Å².